The first-order valence-corrected chi connectivity index (χ1v) is 6.62. The van der Waals surface area contributed by atoms with E-state index in [9.17, 15) is 22.8 Å². The van der Waals surface area contributed by atoms with Crippen LogP contribution in [0, 0.1) is 11.8 Å². The van der Waals surface area contributed by atoms with E-state index in [1.807, 2.05) is 0 Å². The molecule has 0 aliphatic carbocycles. The van der Waals surface area contributed by atoms with Crippen LogP contribution in [0.4, 0.5) is 13.2 Å². The number of carbonyl (C=O) groups excluding carboxylic acids is 2. The summed E-state index contributed by atoms with van der Waals surface area (Å²) in [4.78, 5) is 21.2. The number of carbonyl (C=O) groups is 2. The molecule has 0 amide bonds. The Bertz CT molecular complexity index is 568. The fraction of sp³-hybridized carbons (Fsp3) is 0.286. The fourth-order valence-electron chi connectivity index (χ4n) is 1.39. The molecule has 0 radical (unpaired) electrons. The first kappa shape index (κ1) is 16.3. The van der Waals surface area contributed by atoms with Gasteiger partial charge in [0.15, 0.2) is 11.4 Å². The van der Waals surface area contributed by atoms with E-state index < -0.39 is 17.3 Å². The Morgan fingerprint density at radius 3 is 2.65 bits per heavy atom. The molecule has 0 atom stereocenters. The third-order valence-electron chi connectivity index (χ3n) is 2.25. The normalized spacial score (nSPS) is 10.6. The van der Waals surface area contributed by atoms with Gasteiger partial charge in [-0.15, -0.1) is 0 Å². The average molecular weight is 300 g/mol. The molecule has 6 heteroatoms. The minimum Gasteiger partial charge on any atom is -0.298 e. The Labute approximate surface area is 118 Å². The molecule has 0 N–H and O–H groups in total. The van der Waals surface area contributed by atoms with Crippen LogP contribution in [0.15, 0.2) is 18.2 Å². The fourth-order valence-corrected chi connectivity index (χ4v) is 1.88. The quantitative estimate of drug-likeness (QED) is 0.486. The van der Waals surface area contributed by atoms with Crippen LogP contribution in [0.2, 0.25) is 0 Å². The van der Waals surface area contributed by atoms with E-state index in [0.29, 0.717) is 12.2 Å². The monoisotopic (exact) mass is 300 g/mol. The van der Waals surface area contributed by atoms with Crippen LogP contribution in [0.25, 0.3) is 0 Å². The summed E-state index contributed by atoms with van der Waals surface area (Å²) in [5.41, 5.74) is -1.21. The SMILES string of the molecule is CC(=O)SCCC#Cc1ccc(C=O)c(C(F)(F)F)c1. The van der Waals surface area contributed by atoms with Crippen molar-refractivity contribution in [2.75, 3.05) is 5.75 Å². The maximum atomic E-state index is 12.7. The van der Waals surface area contributed by atoms with Gasteiger partial charge in [-0.3, -0.25) is 9.59 Å². The van der Waals surface area contributed by atoms with Crippen LogP contribution in [0.3, 0.4) is 0 Å². The number of benzene rings is 1. The Morgan fingerprint density at radius 1 is 1.40 bits per heavy atom. The van der Waals surface area contributed by atoms with Crippen molar-refractivity contribution in [3.8, 4) is 11.8 Å². The van der Waals surface area contributed by atoms with E-state index in [1.54, 1.807) is 0 Å². The van der Waals surface area contributed by atoms with Crippen LogP contribution in [-0.4, -0.2) is 17.2 Å². The van der Waals surface area contributed by atoms with Crippen molar-refractivity contribution in [3.05, 3.63) is 34.9 Å². The Morgan fingerprint density at radius 2 is 2.10 bits per heavy atom. The van der Waals surface area contributed by atoms with E-state index in [4.69, 9.17) is 0 Å². The second-order valence-electron chi connectivity index (χ2n) is 3.81. The number of aldehydes is 1. The average Bonchev–Trinajstić information content (AvgIpc) is 2.36. The lowest BCUT2D eigenvalue weighted by Crippen LogP contribution is -2.09. The van der Waals surface area contributed by atoms with Gasteiger partial charge in [0.2, 0.25) is 0 Å². The highest BCUT2D eigenvalue weighted by molar-refractivity contribution is 8.13. The molecule has 0 spiro atoms. The van der Waals surface area contributed by atoms with Crippen molar-refractivity contribution in [3.63, 3.8) is 0 Å². The van der Waals surface area contributed by atoms with Gasteiger partial charge in [0.25, 0.3) is 0 Å². The summed E-state index contributed by atoms with van der Waals surface area (Å²) >= 11 is 1.11. The highest BCUT2D eigenvalue weighted by Crippen LogP contribution is 2.31. The van der Waals surface area contributed by atoms with Crippen molar-refractivity contribution in [1.82, 2.24) is 0 Å². The predicted molar refractivity (Wildman–Crippen MR) is 71.5 cm³/mol. The molecule has 0 aromatic heterocycles. The highest BCUT2D eigenvalue weighted by Gasteiger charge is 2.33. The lowest BCUT2D eigenvalue weighted by Gasteiger charge is -2.09. The molecule has 2 nitrogen and oxygen atoms in total. The summed E-state index contributed by atoms with van der Waals surface area (Å²) in [5, 5.41) is -0.0264. The van der Waals surface area contributed by atoms with Crippen molar-refractivity contribution in [1.29, 1.82) is 0 Å². The van der Waals surface area contributed by atoms with Crippen LogP contribution in [0.5, 0.6) is 0 Å². The van der Waals surface area contributed by atoms with E-state index >= 15 is 0 Å². The second-order valence-corrected chi connectivity index (χ2v) is 5.08. The smallest absolute Gasteiger partial charge is 0.298 e. The number of halogens is 3. The molecule has 1 rings (SSSR count). The summed E-state index contributed by atoms with van der Waals surface area (Å²) in [6.45, 7) is 1.44. The van der Waals surface area contributed by atoms with E-state index in [0.717, 1.165) is 23.9 Å². The van der Waals surface area contributed by atoms with Crippen LogP contribution < -0.4 is 0 Å². The summed E-state index contributed by atoms with van der Waals surface area (Å²) in [6, 6.07) is 3.32. The maximum Gasteiger partial charge on any atom is 0.417 e. The number of rotatable bonds is 3. The summed E-state index contributed by atoms with van der Waals surface area (Å²) in [6.07, 6.45) is -4.01. The van der Waals surface area contributed by atoms with Crippen molar-refractivity contribution in [2.24, 2.45) is 0 Å². The maximum absolute atomic E-state index is 12.7. The molecule has 0 bridgehead atoms. The molecule has 1 aromatic rings. The zero-order valence-electron chi connectivity index (χ0n) is 10.6. The lowest BCUT2D eigenvalue weighted by atomic mass is 10.0. The number of hydrogen-bond acceptors (Lipinski definition) is 3. The molecule has 0 fully saturated rings. The molecule has 0 saturated heterocycles. The van der Waals surface area contributed by atoms with Crippen LogP contribution in [-0.2, 0) is 11.0 Å². The lowest BCUT2D eigenvalue weighted by molar-refractivity contribution is -0.137. The minimum absolute atomic E-state index is 0.0264. The van der Waals surface area contributed by atoms with Gasteiger partial charge < -0.3 is 0 Å². The molecule has 0 aliphatic rings. The van der Waals surface area contributed by atoms with Gasteiger partial charge in [-0.25, -0.2) is 0 Å². The van der Waals surface area contributed by atoms with Gasteiger partial charge in [-0.05, 0) is 18.2 Å². The van der Waals surface area contributed by atoms with Crippen molar-refractivity contribution >= 4 is 23.2 Å². The van der Waals surface area contributed by atoms with Crippen LogP contribution in [0.1, 0.15) is 34.8 Å². The van der Waals surface area contributed by atoms with Gasteiger partial charge in [-0.1, -0.05) is 23.6 Å². The molecular formula is C14H11F3O2S. The Balaban J connectivity index is 2.85. The second kappa shape index (κ2) is 7.15. The molecule has 0 aliphatic heterocycles. The summed E-state index contributed by atoms with van der Waals surface area (Å²) < 4.78 is 38.1. The van der Waals surface area contributed by atoms with Gasteiger partial charge in [-0.2, -0.15) is 13.2 Å². The Kier molecular flexibility index (Phi) is 5.83. The standard InChI is InChI=1S/C14H11F3O2S/c1-10(19)20-7-3-2-4-11-5-6-12(9-18)13(8-11)14(15,16)17/h5-6,8-9H,3,7H2,1H3. The molecule has 0 unspecified atom stereocenters. The molecule has 106 valence electrons. The Hall–Kier alpha value is -1.74. The molecule has 20 heavy (non-hydrogen) atoms. The van der Waals surface area contributed by atoms with Crippen LogP contribution >= 0.6 is 11.8 Å². The minimum atomic E-state index is -4.58. The molecule has 1 aromatic carbocycles. The molecule has 0 heterocycles. The van der Waals surface area contributed by atoms with Gasteiger partial charge in [0.05, 0.1) is 5.56 Å². The molecule has 0 saturated carbocycles. The zero-order chi connectivity index (χ0) is 15.2. The first-order valence-electron chi connectivity index (χ1n) is 5.63. The van der Waals surface area contributed by atoms with E-state index in [-0.39, 0.29) is 17.0 Å². The van der Waals surface area contributed by atoms with Crippen molar-refractivity contribution in [2.45, 2.75) is 19.5 Å². The number of hydrogen-bond donors (Lipinski definition) is 0. The topological polar surface area (TPSA) is 34.1 Å². The third-order valence-corrected chi connectivity index (χ3v) is 3.07. The van der Waals surface area contributed by atoms with Gasteiger partial charge in [0.1, 0.15) is 0 Å². The van der Waals surface area contributed by atoms with Gasteiger partial charge >= 0.3 is 6.18 Å². The largest absolute Gasteiger partial charge is 0.417 e. The summed E-state index contributed by atoms with van der Waals surface area (Å²) in [7, 11) is 0. The highest BCUT2D eigenvalue weighted by atomic mass is 32.2. The number of alkyl halides is 3. The van der Waals surface area contributed by atoms with Crippen molar-refractivity contribution < 1.29 is 22.8 Å². The number of thioether (sulfide) groups is 1. The zero-order valence-corrected chi connectivity index (χ0v) is 11.4. The third kappa shape index (κ3) is 5.10. The molecular weight excluding hydrogens is 289 g/mol. The van der Waals surface area contributed by atoms with E-state index in [1.165, 1.54) is 13.0 Å². The van der Waals surface area contributed by atoms with Gasteiger partial charge in [0, 0.05) is 30.2 Å². The first-order chi connectivity index (χ1) is 9.34. The van der Waals surface area contributed by atoms with E-state index in [2.05, 4.69) is 11.8 Å². The summed E-state index contributed by atoms with van der Waals surface area (Å²) in [5.74, 6) is 5.79. The predicted octanol–water partition coefficient (Wildman–Crippen LogP) is 3.54.